The van der Waals surface area contributed by atoms with Crippen LogP contribution in [0.4, 0.5) is 11.5 Å². The van der Waals surface area contributed by atoms with E-state index in [2.05, 4.69) is 23.7 Å². The van der Waals surface area contributed by atoms with E-state index >= 15 is 0 Å². The van der Waals surface area contributed by atoms with Gasteiger partial charge >= 0.3 is 0 Å². The van der Waals surface area contributed by atoms with Gasteiger partial charge in [0.05, 0.1) is 5.69 Å². The minimum Gasteiger partial charge on any atom is -0.396 e. The van der Waals surface area contributed by atoms with Crippen LogP contribution >= 0.6 is 0 Å². The van der Waals surface area contributed by atoms with Gasteiger partial charge in [0, 0.05) is 19.3 Å². The number of nitrogen functional groups attached to an aromatic ring is 1. The first kappa shape index (κ1) is 12.2. The first-order valence-electron chi connectivity index (χ1n) is 6.55. The van der Waals surface area contributed by atoms with E-state index in [0.717, 1.165) is 42.0 Å². The predicted molar refractivity (Wildman–Crippen MR) is 73.2 cm³/mol. The van der Waals surface area contributed by atoms with Crippen LogP contribution in [0.5, 0.6) is 0 Å². The summed E-state index contributed by atoms with van der Waals surface area (Å²) in [4.78, 5) is 6.77. The molecule has 0 unspecified atom stereocenters. The van der Waals surface area contributed by atoms with Crippen LogP contribution in [0.15, 0.2) is 12.3 Å². The number of nitrogens with zero attached hydrogens (tertiary/aromatic N) is 2. The molecule has 0 aromatic carbocycles. The average molecular weight is 233 g/mol. The summed E-state index contributed by atoms with van der Waals surface area (Å²) in [5.41, 5.74) is 8.07. The Bertz CT molecular complexity index is 379. The van der Waals surface area contributed by atoms with Gasteiger partial charge in [0.25, 0.3) is 0 Å². The Hall–Kier alpha value is -1.25. The van der Waals surface area contributed by atoms with E-state index in [1.54, 1.807) is 0 Å². The van der Waals surface area contributed by atoms with E-state index in [4.69, 9.17) is 5.73 Å². The molecule has 0 amide bonds. The highest BCUT2D eigenvalue weighted by molar-refractivity contribution is 5.66. The Morgan fingerprint density at radius 3 is 2.59 bits per heavy atom. The topological polar surface area (TPSA) is 42.2 Å². The largest absolute Gasteiger partial charge is 0.396 e. The number of piperidine rings is 1. The van der Waals surface area contributed by atoms with Crippen molar-refractivity contribution in [3.63, 3.8) is 0 Å². The number of rotatable bonds is 2. The van der Waals surface area contributed by atoms with Crippen molar-refractivity contribution in [2.24, 2.45) is 11.8 Å². The molecule has 3 heteroatoms. The molecule has 0 saturated carbocycles. The molecule has 94 valence electrons. The second-order valence-electron chi connectivity index (χ2n) is 5.43. The average Bonchev–Trinajstić information content (AvgIpc) is 2.33. The van der Waals surface area contributed by atoms with Crippen LogP contribution in [0.1, 0.15) is 32.3 Å². The van der Waals surface area contributed by atoms with Gasteiger partial charge in [-0.05, 0) is 43.2 Å². The molecule has 0 radical (unpaired) electrons. The van der Waals surface area contributed by atoms with Crippen molar-refractivity contribution in [3.05, 3.63) is 17.8 Å². The first-order valence-corrected chi connectivity index (χ1v) is 6.55. The molecule has 0 bridgehead atoms. The Morgan fingerprint density at radius 2 is 2.00 bits per heavy atom. The van der Waals surface area contributed by atoms with Crippen LogP contribution < -0.4 is 10.6 Å². The van der Waals surface area contributed by atoms with Gasteiger partial charge in [-0.2, -0.15) is 0 Å². The molecular weight excluding hydrogens is 210 g/mol. The summed E-state index contributed by atoms with van der Waals surface area (Å²) >= 11 is 0. The second-order valence-corrected chi connectivity index (χ2v) is 5.43. The van der Waals surface area contributed by atoms with E-state index in [1.807, 2.05) is 19.2 Å². The van der Waals surface area contributed by atoms with Gasteiger partial charge in [0.15, 0.2) is 5.82 Å². The van der Waals surface area contributed by atoms with Crippen LogP contribution in [0.25, 0.3) is 0 Å². The molecule has 1 aromatic heterocycles. The monoisotopic (exact) mass is 233 g/mol. The molecule has 1 aliphatic heterocycles. The van der Waals surface area contributed by atoms with Crippen molar-refractivity contribution < 1.29 is 0 Å². The first-order chi connectivity index (χ1) is 8.09. The molecular formula is C14H23N3. The van der Waals surface area contributed by atoms with Gasteiger partial charge in [-0.25, -0.2) is 4.98 Å². The highest BCUT2D eigenvalue weighted by Crippen LogP contribution is 2.30. The van der Waals surface area contributed by atoms with Crippen molar-refractivity contribution in [1.82, 2.24) is 4.98 Å². The predicted octanol–water partition coefficient (Wildman–Crippen LogP) is 2.84. The SMILES string of the molecule is Cc1ccnc(N2CCC(C(C)C)CC2)c1N. The van der Waals surface area contributed by atoms with E-state index in [1.165, 1.54) is 12.8 Å². The van der Waals surface area contributed by atoms with Gasteiger partial charge in [-0.3, -0.25) is 0 Å². The minimum atomic E-state index is 0.792. The fourth-order valence-corrected chi connectivity index (χ4v) is 2.59. The number of hydrogen-bond donors (Lipinski definition) is 1. The van der Waals surface area contributed by atoms with Crippen LogP contribution in [0.2, 0.25) is 0 Å². The third-order valence-electron chi connectivity index (χ3n) is 3.97. The second kappa shape index (κ2) is 4.94. The number of nitrogens with two attached hydrogens (primary N) is 1. The van der Waals surface area contributed by atoms with E-state index in [9.17, 15) is 0 Å². The van der Waals surface area contributed by atoms with Crippen molar-refractivity contribution in [2.75, 3.05) is 23.7 Å². The van der Waals surface area contributed by atoms with Gasteiger partial charge in [0.2, 0.25) is 0 Å². The van der Waals surface area contributed by atoms with Crippen molar-refractivity contribution in [2.45, 2.75) is 33.6 Å². The third-order valence-corrected chi connectivity index (χ3v) is 3.97. The summed E-state index contributed by atoms with van der Waals surface area (Å²) in [5, 5.41) is 0. The summed E-state index contributed by atoms with van der Waals surface area (Å²) in [5.74, 6) is 2.63. The summed E-state index contributed by atoms with van der Waals surface area (Å²) in [7, 11) is 0. The number of pyridine rings is 1. The van der Waals surface area contributed by atoms with Gasteiger partial charge in [0.1, 0.15) is 0 Å². The summed E-state index contributed by atoms with van der Waals surface area (Å²) < 4.78 is 0. The quantitative estimate of drug-likeness (QED) is 0.854. The maximum Gasteiger partial charge on any atom is 0.152 e. The van der Waals surface area contributed by atoms with Crippen LogP contribution in [-0.4, -0.2) is 18.1 Å². The number of hydrogen-bond acceptors (Lipinski definition) is 3. The molecule has 17 heavy (non-hydrogen) atoms. The van der Waals surface area contributed by atoms with E-state index < -0.39 is 0 Å². The molecule has 0 atom stereocenters. The summed E-state index contributed by atoms with van der Waals surface area (Å²) in [6, 6.07) is 1.97. The van der Waals surface area contributed by atoms with Gasteiger partial charge in [-0.1, -0.05) is 13.8 Å². The molecule has 2 rings (SSSR count). The maximum absolute atomic E-state index is 6.10. The molecule has 1 fully saturated rings. The van der Waals surface area contributed by atoms with Crippen molar-refractivity contribution in [1.29, 1.82) is 0 Å². The molecule has 2 heterocycles. The lowest BCUT2D eigenvalue weighted by atomic mass is 9.87. The zero-order chi connectivity index (χ0) is 12.4. The number of aryl methyl sites for hydroxylation is 1. The Labute approximate surface area is 104 Å². The molecule has 1 saturated heterocycles. The van der Waals surface area contributed by atoms with Crippen molar-refractivity contribution >= 4 is 11.5 Å². The van der Waals surface area contributed by atoms with Gasteiger partial charge in [-0.15, -0.1) is 0 Å². The zero-order valence-corrected chi connectivity index (χ0v) is 11.1. The number of aromatic nitrogens is 1. The molecule has 1 aromatic rings. The Kier molecular flexibility index (Phi) is 3.55. The van der Waals surface area contributed by atoms with Gasteiger partial charge < -0.3 is 10.6 Å². The molecule has 2 N–H and O–H groups in total. The molecule has 0 spiro atoms. The fraction of sp³-hybridized carbons (Fsp3) is 0.643. The minimum absolute atomic E-state index is 0.792. The lowest BCUT2D eigenvalue weighted by molar-refractivity contribution is 0.311. The number of anilines is 2. The standard InChI is InChI=1S/C14H23N3/c1-10(2)12-5-8-17(9-6-12)14-13(15)11(3)4-7-16-14/h4,7,10,12H,5-6,8-9,15H2,1-3H3. The molecule has 0 aliphatic carbocycles. The normalized spacial score (nSPS) is 17.8. The zero-order valence-electron chi connectivity index (χ0n) is 11.1. The maximum atomic E-state index is 6.10. The Morgan fingerprint density at radius 1 is 1.35 bits per heavy atom. The molecule has 1 aliphatic rings. The lowest BCUT2D eigenvalue weighted by Crippen LogP contribution is -2.36. The molecule has 3 nitrogen and oxygen atoms in total. The van der Waals surface area contributed by atoms with E-state index in [-0.39, 0.29) is 0 Å². The Balaban J connectivity index is 2.08. The van der Waals surface area contributed by atoms with Crippen LogP contribution in [0, 0.1) is 18.8 Å². The lowest BCUT2D eigenvalue weighted by Gasteiger charge is -2.35. The highest BCUT2D eigenvalue weighted by Gasteiger charge is 2.23. The summed E-state index contributed by atoms with van der Waals surface area (Å²) in [6.07, 6.45) is 4.37. The van der Waals surface area contributed by atoms with Crippen LogP contribution in [0.3, 0.4) is 0 Å². The summed E-state index contributed by atoms with van der Waals surface area (Å²) in [6.45, 7) is 8.85. The smallest absolute Gasteiger partial charge is 0.152 e. The fourth-order valence-electron chi connectivity index (χ4n) is 2.59. The van der Waals surface area contributed by atoms with E-state index in [0.29, 0.717) is 0 Å². The highest BCUT2D eigenvalue weighted by atomic mass is 15.2. The third kappa shape index (κ3) is 2.54. The van der Waals surface area contributed by atoms with Crippen molar-refractivity contribution in [3.8, 4) is 0 Å². The van der Waals surface area contributed by atoms with Crippen LogP contribution in [-0.2, 0) is 0 Å².